The highest BCUT2D eigenvalue weighted by atomic mass is 16.6. The lowest BCUT2D eigenvalue weighted by Crippen LogP contribution is -2.30. The van der Waals surface area contributed by atoms with Crippen LogP contribution in [-0.4, -0.2) is 37.2 Å². The highest BCUT2D eigenvalue weighted by molar-refractivity contribution is 5.71. The first-order valence-corrected chi connectivity index (χ1v) is 36.1. The van der Waals surface area contributed by atoms with Crippen LogP contribution in [0.2, 0.25) is 0 Å². The molecule has 474 valence electrons. The van der Waals surface area contributed by atoms with Crippen molar-refractivity contribution in [2.45, 2.75) is 399 Å². The molecule has 0 fully saturated rings. The minimum Gasteiger partial charge on any atom is -0.462 e. The quantitative estimate of drug-likeness (QED) is 0.0261. The summed E-state index contributed by atoms with van der Waals surface area (Å²) in [6.07, 6.45) is 88.7. The Morgan fingerprint density at radius 3 is 0.753 bits per heavy atom. The second kappa shape index (κ2) is 69.9. The summed E-state index contributed by atoms with van der Waals surface area (Å²) < 4.78 is 17.0. The summed E-state index contributed by atoms with van der Waals surface area (Å²) in [7, 11) is 0. The monoisotopic (exact) mass is 1140 g/mol. The van der Waals surface area contributed by atoms with Gasteiger partial charge in [0.1, 0.15) is 13.2 Å². The Morgan fingerprint density at radius 1 is 0.259 bits per heavy atom. The van der Waals surface area contributed by atoms with Crippen molar-refractivity contribution in [1.29, 1.82) is 0 Å². The van der Waals surface area contributed by atoms with Crippen molar-refractivity contribution in [2.75, 3.05) is 13.2 Å². The van der Waals surface area contributed by atoms with Crippen molar-refractivity contribution in [1.82, 2.24) is 0 Å². The number of unbranched alkanes of at least 4 members (excludes halogenated alkanes) is 48. The van der Waals surface area contributed by atoms with Gasteiger partial charge in [0.15, 0.2) is 6.10 Å². The van der Waals surface area contributed by atoms with Gasteiger partial charge in [0.2, 0.25) is 0 Å². The molecule has 1 unspecified atom stereocenters. The zero-order valence-corrected chi connectivity index (χ0v) is 54.6. The van der Waals surface area contributed by atoms with Crippen LogP contribution in [0.4, 0.5) is 0 Å². The van der Waals surface area contributed by atoms with E-state index in [0.717, 1.165) is 83.5 Å². The number of hydrogen-bond acceptors (Lipinski definition) is 6. The van der Waals surface area contributed by atoms with Crippen molar-refractivity contribution >= 4 is 17.9 Å². The third-order valence-corrected chi connectivity index (χ3v) is 16.3. The van der Waals surface area contributed by atoms with Crippen LogP contribution in [0, 0.1) is 0 Å². The van der Waals surface area contributed by atoms with Gasteiger partial charge in [-0.15, -0.1) is 0 Å². The number of esters is 3. The van der Waals surface area contributed by atoms with Crippen LogP contribution < -0.4 is 0 Å². The third kappa shape index (κ3) is 68.0. The molecule has 0 aliphatic heterocycles. The fourth-order valence-corrected chi connectivity index (χ4v) is 11.0. The normalized spacial score (nSPS) is 12.3. The average molecular weight is 1140 g/mol. The molecule has 0 rings (SSSR count). The summed E-state index contributed by atoms with van der Waals surface area (Å²) >= 11 is 0. The van der Waals surface area contributed by atoms with Gasteiger partial charge < -0.3 is 14.2 Å². The molecule has 0 saturated carbocycles. The van der Waals surface area contributed by atoms with E-state index in [9.17, 15) is 14.4 Å². The molecule has 0 aliphatic carbocycles. The first kappa shape index (κ1) is 78.4. The van der Waals surface area contributed by atoms with E-state index in [1.54, 1.807) is 0 Å². The van der Waals surface area contributed by atoms with Crippen LogP contribution in [0.25, 0.3) is 0 Å². The first-order valence-electron chi connectivity index (χ1n) is 36.1. The van der Waals surface area contributed by atoms with E-state index in [2.05, 4.69) is 69.4 Å². The maximum absolute atomic E-state index is 12.9. The molecule has 0 spiro atoms. The average Bonchev–Trinajstić information content (AvgIpc) is 3.47. The number of allylic oxidation sites excluding steroid dienone is 8. The van der Waals surface area contributed by atoms with Crippen molar-refractivity contribution < 1.29 is 28.6 Å². The standard InChI is InChI=1S/C75H138O6/c1-4-7-10-13-16-19-22-24-26-28-30-32-34-36-37-38-39-40-42-43-45-47-49-51-53-56-59-62-65-68-74(77)80-71-72(70-79-73(76)67-64-61-58-55-21-18-15-12-9-6-3)81-75(78)69-66-63-60-57-54-52-50-48-46-44-41-35-33-31-29-27-25-23-20-17-14-11-8-5-2/h7,10,16,19,24,26,30,32,72H,4-6,8-9,11-15,17-18,20-23,25,27-29,31,33-71H2,1-3H3/b10-7-,19-16-,26-24-,32-30-. The van der Waals surface area contributed by atoms with Crippen molar-refractivity contribution in [2.24, 2.45) is 0 Å². The molecule has 81 heavy (non-hydrogen) atoms. The van der Waals surface area contributed by atoms with E-state index in [1.165, 1.54) is 270 Å². The molecular weight excluding hydrogens is 997 g/mol. The van der Waals surface area contributed by atoms with Crippen LogP contribution in [0.1, 0.15) is 393 Å². The smallest absolute Gasteiger partial charge is 0.306 e. The van der Waals surface area contributed by atoms with Gasteiger partial charge in [-0.05, 0) is 57.8 Å². The molecule has 6 nitrogen and oxygen atoms in total. The Kier molecular flexibility index (Phi) is 67.6. The second-order valence-corrected chi connectivity index (χ2v) is 24.5. The number of carbonyl (C=O) groups is 3. The maximum atomic E-state index is 12.9. The molecule has 6 heteroatoms. The van der Waals surface area contributed by atoms with Crippen molar-refractivity contribution in [3.63, 3.8) is 0 Å². The number of carbonyl (C=O) groups excluding carboxylic acids is 3. The summed E-state index contributed by atoms with van der Waals surface area (Å²) in [5, 5.41) is 0. The van der Waals surface area contributed by atoms with Gasteiger partial charge in [-0.25, -0.2) is 0 Å². The summed E-state index contributed by atoms with van der Waals surface area (Å²) in [4.78, 5) is 38.4. The van der Waals surface area contributed by atoms with Crippen LogP contribution >= 0.6 is 0 Å². The molecule has 0 aliphatic rings. The van der Waals surface area contributed by atoms with Gasteiger partial charge in [0.25, 0.3) is 0 Å². The maximum Gasteiger partial charge on any atom is 0.306 e. The summed E-state index contributed by atoms with van der Waals surface area (Å²) in [6.45, 7) is 6.59. The summed E-state index contributed by atoms with van der Waals surface area (Å²) in [6, 6.07) is 0. The highest BCUT2D eigenvalue weighted by Gasteiger charge is 2.19. The van der Waals surface area contributed by atoms with E-state index < -0.39 is 6.10 Å². The van der Waals surface area contributed by atoms with E-state index in [-0.39, 0.29) is 31.1 Å². The van der Waals surface area contributed by atoms with Crippen LogP contribution in [0.15, 0.2) is 48.6 Å². The molecule has 0 heterocycles. The molecule has 0 bridgehead atoms. The van der Waals surface area contributed by atoms with Crippen LogP contribution in [0.5, 0.6) is 0 Å². The minimum atomic E-state index is -0.768. The molecule has 0 radical (unpaired) electrons. The van der Waals surface area contributed by atoms with Crippen LogP contribution in [-0.2, 0) is 28.6 Å². The van der Waals surface area contributed by atoms with Gasteiger partial charge >= 0.3 is 17.9 Å². The molecule has 0 aromatic rings. The molecule has 0 aromatic carbocycles. The van der Waals surface area contributed by atoms with E-state index in [0.29, 0.717) is 19.3 Å². The zero-order chi connectivity index (χ0) is 58.5. The molecule has 0 aromatic heterocycles. The lowest BCUT2D eigenvalue weighted by molar-refractivity contribution is -0.167. The van der Waals surface area contributed by atoms with Gasteiger partial charge in [-0.3, -0.25) is 14.4 Å². The van der Waals surface area contributed by atoms with Gasteiger partial charge in [0.05, 0.1) is 0 Å². The lowest BCUT2D eigenvalue weighted by atomic mass is 10.0. The number of hydrogen-bond donors (Lipinski definition) is 0. The fourth-order valence-electron chi connectivity index (χ4n) is 11.0. The Hall–Kier alpha value is -2.63. The largest absolute Gasteiger partial charge is 0.462 e. The Labute approximate surface area is 505 Å². The Balaban J connectivity index is 4.12. The molecule has 0 saturated heterocycles. The van der Waals surface area contributed by atoms with Crippen molar-refractivity contribution in [3.05, 3.63) is 48.6 Å². The molecular formula is C75H138O6. The predicted molar refractivity (Wildman–Crippen MR) is 353 cm³/mol. The number of rotatable bonds is 67. The predicted octanol–water partition coefficient (Wildman–Crippen LogP) is 24.9. The zero-order valence-electron chi connectivity index (χ0n) is 54.6. The number of ether oxygens (including phenoxy) is 3. The Bertz CT molecular complexity index is 1400. The highest BCUT2D eigenvalue weighted by Crippen LogP contribution is 2.19. The topological polar surface area (TPSA) is 78.9 Å². The fraction of sp³-hybridized carbons (Fsp3) is 0.853. The minimum absolute atomic E-state index is 0.0658. The van der Waals surface area contributed by atoms with E-state index >= 15 is 0 Å². The summed E-state index contributed by atoms with van der Waals surface area (Å²) in [5.74, 6) is -0.838. The molecule has 0 amide bonds. The Morgan fingerprint density at radius 2 is 0.481 bits per heavy atom. The first-order chi connectivity index (χ1) is 40.0. The third-order valence-electron chi connectivity index (χ3n) is 16.3. The van der Waals surface area contributed by atoms with E-state index in [4.69, 9.17) is 14.2 Å². The van der Waals surface area contributed by atoms with Gasteiger partial charge in [-0.2, -0.15) is 0 Å². The SMILES string of the molecule is CC/C=C\C/C=C\C/C=C\C/C=C\CCCCCCCCCCCCCCCCCCC(=O)OCC(COC(=O)CCCCCCCCCCCC)OC(=O)CCCCCCCCCCCCCCCCCCCCCCCCCC. The molecule has 1 atom stereocenters. The van der Waals surface area contributed by atoms with Gasteiger partial charge in [0, 0.05) is 19.3 Å². The van der Waals surface area contributed by atoms with Gasteiger partial charge in [-0.1, -0.05) is 365 Å². The summed E-state index contributed by atoms with van der Waals surface area (Å²) in [5.41, 5.74) is 0. The van der Waals surface area contributed by atoms with Crippen molar-refractivity contribution in [3.8, 4) is 0 Å². The second-order valence-electron chi connectivity index (χ2n) is 24.5. The van der Waals surface area contributed by atoms with E-state index in [1.807, 2.05) is 0 Å². The van der Waals surface area contributed by atoms with Crippen LogP contribution in [0.3, 0.4) is 0 Å². The molecule has 0 N–H and O–H groups in total. The lowest BCUT2D eigenvalue weighted by Gasteiger charge is -2.18.